The quantitative estimate of drug-likeness (QED) is 0.752. The van der Waals surface area contributed by atoms with Crippen LogP contribution in [0.2, 0.25) is 0 Å². The Morgan fingerprint density at radius 1 is 1.12 bits per heavy atom. The number of hydrogen-bond donors (Lipinski definition) is 1. The number of piperidine rings is 1. The summed E-state index contributed by atoms with van der Waals surface area (Å²) in [4.78, 5) is 2.44. The van der Waals surface area contributed by atoms with Crippen molar-refractivity contribution in [2.45, 2.75) is 25.4 Å². The zero-order chi connectivity index (χ0) is 17.8. The van der Waals surface area contributed by atoms with Crippen LogP contribution in [-0.2, 0) is 6.54 Å². The highest BCUT2D eigenvalue weighted by molar-refractivity contribution is 5.44. The smallest absolute Gasteiger partial charge is 0.125 e. The van der Waals surface area contributed by atoms with Gasteiger partial charge in [0.05, 0.1) is 11.9 Å². The fourth-order valence-electron chi connectivity index (χ4n) is 3.55. The SMILES string of the molecule is Fc1cccc(NC2CCCN(Cc3cnn(-c4ccccc4)c3)C2)c1. The van der Waals surface area contributed by atoms with Gasteiger partial charge in [0.2, 0.25) is 0 Å². The summed E-state index contributed by atoms with van der Waals surface area (Å²) in [5, 5.41) is 7.95. The van der Waals surface area contributed by atoms with Gasteiger partial charge in [0.15, 0.2) is 0 Å². The summed E-state index contributed by atoms with van der Waals surface area (Å²) in [7, 11) is 0. The lowest BCUT2D eigenvalue weighted by molar-refractivity contribution is 0.208. The molecular formula is C21H23FN4. The Morgan fingerprint density at radius 3 is 2.85 bits per heavy atom. The Balaban J connectivity index is 1.37. The van der Waals surface area contributed by atoms with E-state index in [9.17, 15) is 4.39 Å². The third kappa shape index (κ3) is 4.11. The number of nitrogens with zero attached hydrogens (tertiary/aromatic N) is 3. The Hall–Kier alpha value is -2.66. The standard InChI is InChI=1S/C21H23FN4/c22-18-6-4-7-19(12-18)24-20-8-5-11-25(16-20)14-17-13-23-26(15-17)21-9-2-1-3-10-21/h1-4,6-7,9-10,12-13,15,20,24H,5,8,11,14,16H2. The zero-order valence-electron chi connectivity index (χ0n) is 14.7. The molecule has 1 atom stereocenters. The molecule has 3 aromatic rings. The van der Waals surface area contributed by atoms with Crippen LogP contribution in [0.4, 0.5) is 10.1 Å². The molecule has 1 N–H and O–H groups in total. The average molecular weight is 350 g/mol. The van der Waals surface area contributed by atoms with E-state index in [1.165, 1.54) is 11.6 Å². The first kappa shape index (κ1) is 16.8. The first-order chi connectivity index (χ1) is 12.8. The molecule has 0 bridgehead atoms. The highest BCUT2D eigenvalue weighted by Gasteiger charge is 2.20. The molecule has 1 aliphatic rings. The van der Waals surface area contributed by atoms with E-state index in [-0.39, 0.29) is 5.82 Å². The number of aromatic nitrogens is 2. The second-order valence-electron chi connectivity index (χ2n) is 6.86. The molecule has 1 fully saturated rings. The molecule has 0 radical (unpaired) electrons. The maximum atomic E-state index is 13.4. The van der Waals surface area contributed by atoms with Gasteiger partial charge in [-0.2, -0.15) is 5.10 Å². The third-order valence-corrected chi connectivity index (χ3v) is 4.76. The summed E-state index contributed by atoms with van der Waals surface area (Å²) in [6.45, 7) is 2.92. The second-order valence-corrected chi connectivity index (χ2v) is 6.86. The summed E-state index contributed by atoms with van der Waals surface area (Å²) in [6, 6.07) is 17.2. The molecule has 26 heavy (non-hydrogen) atoms. The summed E-state index contributed by atoms with van der Waals surface area (Å²) in [5.74, 6) is -0.198. The monoisotopic (exact) mass is 350 g/mol. The summed E-state index contributed by atoms with van der Waals surface area (Å²) >= 11 is 0. The van der Waals surface area contributed by atoms with E-state index in [0.29, 0.717) is 6.04 Å². The van der Waals surface area contributed by atoms with Gasteiger partial charge >= 0.3 is 0 Å². The first-order valence-electron chi connectivity index (χ1n) is 9.10. The molecule has 0 aliphatic carbocycles. The first-order valence-corrected chi connectivity index (χ1v) is 9.10. The van der Waals surface area contributed by atoms with E-state index in [2.05, 4.69) is 33.6 Å². The Labute approximate surface area is 153 Å². The van der Waals surface area contributed by atoms with Crippen molar-refractivity contribution in [2.75, 3.05) is 18.4 Å². The maximum Gasteiger partial charge on any atom is 0.125 e. The van der Waals surface area contributed by atoms with Crippen molar-refractivity contribution in [3.8, 4) is 5.69 Å². The average Bonchev–Trinajstić information content (AvgIpc) is 3.11. The molecule has 134 valence electrons. The molecule has 2 aromatic carbocycles. The predicted molar refractivity (Wildman–Crippen MR) is 102 cm³/mol. The van der Waals surface area contributed by atoms with E-state index in [4.69, 9.17) is 0 Å². The molecule has 1 saturated heterocycles. The van der Waals surface area contributed by atoms with E-state index in [1.54, 1.807) is 12.1 Å². The number of likely N-dealkylation sites (tertiary alicyclic amines) is 1. The normalized spacial score (nSPS) is 18.0. The number of rotatable bonds is 5. The molecule has 4 nitrogen and oxygen atoms in total. The van der Waals surface area contributed by atoms with Crippen LogP contribution < -0.4 is 5.32 Å². The van der Waals surface area contributed by atoms with Crippen LogP contribution in [0.25, 0.3) is 5.69 Å². The number of anilines is 1. The minimum Gasteiger partial charge on any atom is -0.381 e. The minimum absolute atomic E-state index is 0.198. The number of nitrogens with one attached hydrogen (secondary N) is 1. The van der Waals surface area contributed by atoms with Gasteiger partial charge in [-0.1, -0.05) is 24.3 Å². The highest BCUT2D eigenvalue weighted by atomic mass is 19.1. The fourth-order valence-corrected chi connectivity index (χ4v) is 3.55. The minimum atomic E-state index is -0.198. The lowest BCUT2D eigenvalue weighted by atomic mass is 10.0. The Morgan fingerprint density at radius 2 is 2.00 bits per heavy atom. The van der Waals surface area contributed by atoms with E-state index in [1.807, 2.05) is 35.1 Å². The number of halogens is 1. The van der Waals surface area contributed by atoms with Crippen molar-refractivity contribution >= 4 is 5.69 Å². The van der Waals surface area contributed by atoms with Gasteiger partial charge in [-0.3, -0.25) is 4.90 Å². The van der Waals surface area contributed by atoms with Gasteiger partial charge < -0.3 is 5.32 Å². The van der Waals surface area contributed by atoms with Gasteiger partial charge in [0.1, 0.15) is 5.82 Å². The highest BCUT2D eigenvalue weighted by Crippen LogP contribution is 2.19. The van der Waals surface area contributed by atoms with Crippen LogP contribution in [0.1, 0.15) is 18.4 Å². The number of para-hydroxylation sites is 1. The van der Waals surface area contributed by atoms with Gasteiger partial charge in [0, 0.05) is 36.6 Å². The molecule has 0 spiro atoms. The van der Waals surface area contributed by atoms with Gasteiger partial charge in [-0.15, -0.1) is 0 Å². The van der Waals surface area contributed by atoms with Crippen molar-refractivity contribution in [3.63, 3.8) is 0 Å². The van der Waals surface area contributed by atoms with Crippen LogP contribution in [0.3, 0.4) is 0 Å². The topological polar surface area (TPSA) is 33.1 Å². The lowest BCUT2D eigenvalue weighted by Crippen LogP contribution is -2.41. The fraction of sp³-hybridized carbons (Fsp3) is 0.286. The molecule has 1 unspecified atom stereocenters. The van der Waals surface area contributed by atoms with Crippen LogP contribution >= 0.6 is 0 Å². The Bertz CT molecular complexity index is 846. The van der Waals surface area contributed by atoms with Crippen LogP contribution in [0, 0.1) is 5.82 Å². The molecule has 4 rings (SSSR count). The predicted octanol–water partition coefficient (Wildman–Crippen LogP) is 4.09. The van der Waals surface area contributed by atoms with Gasteiger partial charge in [0.25, 0.3) is 0 Å². The van der Waals surface area contributed by atoms with Gasteiger partial charge in [-0.25, -0.2) is 9.07 Å². The van der Waals surface area contributed by atoms with Crippen molar-refractivity contribution in [2.24, 2.45) is 0 Å². The molecular weight excluding hydrogens is 327 g/mol. The zero-order valence-corrected chi connectivity index (χ0v) is 14.7. The van der Waals surface area contributed by atoms with Crippen LogP contribution in [0.5, 0.6) is 0 Å². The molecule has 2 heterocycles. The maximum absolute atomic E-state index is 13.4. The van der Waals surface area contributed by atoms with Crippen molar-refractivity contribution in [3.05, 3.63) is 78.4 Å². The Kier molecular flexibility index (Phi) is 4.97. The summed E-state index contributed by atoms with van der Waals surface area (Å²) in [6.07, 6.45) is 6.28. The van der Waals surface area contributed by atoms with Crippen molar-refractivity contribution in [1.82, 2.24) is 14.7 Å². The number of hydrogen-bond acceptors (Lipinski definition) is 3. The number of benzene rings is 2. The summed E-state index contributed by atoms with van der Waals surface area (Å²) in [5.41, 5.74) is 3.14. The largest absolute Gasteiger partial charge is 0.381 e. The molecule has 0 saturated carbocycles. The van der Waals surface area contributed by atoms with Crippen LogP contribution in [0.15, 0.2) is 67.0 Å². The third-order valence-electron chi connectivity index (χ3n) is 4.76. The van der Waals surface area contributed by atoms with Crippen LogP contribution in [-0.4, -0.2) is 33.8 Å². The van der Waals surface area contributed by atoms with Crippen molar-refractivity contribution in [1.29, 1.82) is 0 Å². The molecule has 0 amide bonds. The molecule has 5 heteroatoms. The second kappa shape index (κ2) is 7.70. The van der Waals surface area contributed by atoms with E-state index in [0.717, 1.165) is 43.9 Å². The van der Waals surface area contributed by atoms with Crippen molar-refractivity contribution < 1.29 is 4.39 Å². The lowest BCUT2D eigenvalue weighted by Gasteiger charge is -2.33. The van der Waals surface area contributed by atoms with E-state index >= 15 is 0 Å². The van der Waals surface area contributed by atoms with E-state index < -0.39 is 0 Å². The summed E-state index contributed by atoms with van der Waals surface area (Å²) < 4.78 is 15.3. The van der Waals surface area contributed by atoms with Gasteiger partial charge in [-0.05, 0) is 49.7 Å². The molecule has 1 aliphatic heterocycles. The molecule has 1 aromatic heterocycles.